The van der Waals surface area contributed by atoms with Gasteiger partial charge in [0, 0.05) is 176 Å². The van der Waals surface area contributed by atoms with Gasteiger partial charge in [-0.3, -0.25) is 71.9 Å². The summed E-state index contributed by atoms with van der Waals surface area (Å²) in [6.07, 6.45) is 27.8. The van der Waals surface area contributed by atoms with Gasteiger partial charge in [0.05, 0.1) is 20.3 Å². The number of nitrogens with zero attached hydrogens (tertiary/aromatic N) is 2. The molecule has 8 saturated carbocycles. The average molecular weight is 2150 g/mol. The van der Waals surface area contributed by atoms with Gasteiger partial charge >= 0.3 is 53.7 Å². The van der Waals surface area contributed by atoms with Crippen LogP contribution in [0.5, 0.6) is 5.75 Å². The highest BCUT2D eigenvalue weighted by atomic mass is 32.2. The number of aliphatic carboxylic acids is 1. The van der Waals surface area contributed by atoms with Crippen LogP contribution >= 0.6 is 0 Å². The molecule has 1 saturated heterocycles. The summed E-state index contributed by atoms with van der Waals surface area (Å²) in [5, 5.41) is 9.99. The quantitative estimate of drug-likeness (QED) is 0.0452. The Kier molecular flexibility index (Phi) is 86.6. The number of carboxylic acid groups (broad SMARTS) is 1. The van der Waals surface area contributed by atoms with Crippen molar-refractivity contribution >= 4 is 98.9 Å². The van der Waals surface area contributed by atoms with Crippen LogP contribution in [0.1, 0.15) is 370 Å². The summed E-state index contributed by atoms with van der Waals surface area (Å²) in [6, 6.07) is 10.1. The number of methoxy groups -OCH3 is 2. The first-order chi connectivity index (χ1) is 69.5. The van der Waals surface area contributed by atoms with Crippen molar-refractivity contribution in [2.75, 3.05) is 92.5 Å². The largest absolute Gasteiger partial charge is 0.481 e. The molecule has 8 atom stereocenters. The molecule has 9 aliphatic rings. The van der Waals surface area contributed by atoms with E-state index in [1.807, 2.05) is 90.6 Å². The van der Waals surface area contributed by atoms with E-state index in [9.17, 15) is 75.5 Å². The molecule has 2 aromatic carbocycles. The molecule has 8 unspecified atom stereocenters. The van der Waals surface area contributed by atoms with Gasteiger partial charge in [-0.15, -0.1) is 0 Å². The lowest BCUT2D eigenvalue weighted by molar-refractivity contribution is -0.201. The lowest BCUT2D eigenvalue weighted by atomic mass is 9.50. The van der Waals surface area contributed by atoms with E-state index in [0.29, 0.717) is 84.6 Å². The Labute approximate surface area is 904 Å². The number of hydrogen-bond donors (Lipinski definition) is 3. The lowest BCUT2D eigenvalue weighted by Gasteiger charge is -2.58. The van der Waals surface area contributed by atoms with Crippen molar-refractivity contribution in [2.24, 2.45) is 88.6 Å². The minimum absolute atomic E-state index is 0.0394. The molecule has 11 rings (SSSR count). The Bertz CT molecular complexity index is 4070. The van der Waals surface area contributed by atoms with Crippen molar-refractivity contribution in [2.45, 2.75) is 407 Å². The Hall–Kier alpha value is -9.44. The molecule has 4 N–H and O–H groups in total. The number of amides is 4. The molecule has 870 valence electrons. The van der Waals surface area contributed by atoms with Crippen LogP contribution < -0.4 is 15.8 Å². The highest BCUT2D eigenvalue weighted by Gasteiger charge is 2.57. The minimum atomic E-state index is -2.67. The fraction of sp³-hybridized carbons (Fsp3) is 0.767. The number of ketones is 1. The van der Waals surface area contributed by atoms with Crippen molar-refractivity contribution in [1.29, 1.82) is 0 Å². The maximum atomic E-state index is 11.2. The maximum Gasteiger partial charge on any atom is 0.308 e. The van der Waals surface area contributed by atoms with Gasteiger partial charge in [-0.05, 0) is 309 Å². The first-order valence-corrected chi connectivity index (χ1v) is 56.3. The molecule has 0 spiro atoms. The average Bonchev–Trinajstić information content (AvgIpc) is 0.744. The summed E-state index contributed by atoms with van der Waals surface area (Å²) >= 11 is 0. The van der Waals surface area contributed by atoms with Gasteiger partial charge in [-0.25, -0.2) is 8.42 Å². The molecule has 34 heteroatoms. The second kappa shape index (κ2) is 86.0. The van der Waals surface area contributed by atoms with Gasteiger partial charge in [-0.2, -0.15) is 0 Å². The first kappa shape index (κ1) is 151. The van der Waals surface area contributed by atoms with Gasteiger partial charge in [0.1, 0.15) is 51.4 Å². The van der Waals surface area contributed by atoms with Crippen LogP contribution in [0.3, 0.4) is 0 Å². The normalized spacial score (nSPS) is 23.6. The topological polar surface area (TPSA) is 456 Å². The van der Waals surface area contributed by atoms with E-state index in [0.717, 1.165) is 132 Å². The summed E-state index contributed by atoms with van der Waals surface area (Å²) in [5.41, 5.74) is 11.2. The number of ether oxygens (including phenoxy) is 11. The fourth-order valence-corrected chi connectivity index (χ4v) is 20.1. The highest BCUT2D eigenvalue weighted by molar-refractivity contribution is 7.89. The van der Waals surface area contributed by atoms with E-state index in [4.69, 9.17) is 47.8 Å². The Balaban J connectivity index is -0.000000376. The number of sulfone groups is 1. The number of benzene rings is 2. The maximum absolute atomic E-state index is 11.2. The zero-order valence-corrected chi connectivity index (χ0v) is 101. The molecule has 1 aliphatic heterocycles. The van der Waals surface area contributed by atoms with Gasteiger partial charge in [0.15, 0.2) is 0 Å². The van der Waals surface area contributed by atoms with E-state index in [1.165, 1.54) is 201 Å². The number of rotatable bonds is 21. The zero-order valence-electron chi connectivity index (χ0n) is 100.0. The molecule has 0 aromatic heterocycles. The first-order valence-electron chi connectivity index (χ1n) is 54.0. The van der Waals surface area contributed by atoms with Gasteiger partial charge < -0.3 is 78.1 Å². The van der Waals surface area contributed by atoms with E-state index in [1.54, 1.807) is 53.6 Å². The Morgan fingerprint density at radius 1 is 0.467 bits per heavy atom. The van der Waals surface area contributed by atoms with Crippen molar-refractivity contribution in [1.82, 2.24) is 15.1 Å². The fourth-order valence-electron chi connectivity index (χ4n) is 20.1. The predicted octanol–water partition coefficient (Wildman–Crippen LogP) is 20.7. The van der Waals surface area contributed by atoms with Gasteiger partial charge in [-0.1, -0.05) is 111 Å². The second-order valence-corrected chi connectivity index (χ2v) is 43.7. The molecule has 9 fully saturated rings. The summed E-state index contributed by atoms with van der Waals surface area (Å²) in [4.78, 5) is 159. The molecule has 0 radical (unpaired) electrons. The van der Waals surface area contributed by atoms with E-state index >= 15 is 0 Å². The molecule has 4 amide bonds. The van der Waals surface area contributed by atoms with E-state index in [-0.39, 0.29) is 113 Å². The molecular weight excluding hydrogens is 1950 g/mol. The molecule has 150 heavy (non-hydrogen) atoms. The van der Waals surface area contributed by atoms with Crippen molar-refractivity contribution < 1.29 is 138 Å². The number of primary amides is 1. The standard InChI is InChI=1S/C17H32O4.C13H20O2.C11H20O2.C11H14O2.C11H14O.2C10H18O2.C6H11NO.C6H13NO.C4H9NO.2C4H8O2.C3H6O2.C2H5NO.C2H6O2S.C2H4O2/c1-13-11-16(7-5-9-20-10-6-8-19-4)12-14(2)17(13)21-15(3)18;1-8(14)15-13(2)11-4-9-3-10(6-11)7-12(13)5-9;2*1-7-5-8(2)11(9(3)6-7)13-10(4)12;1-8-5-4-6-9(2)11(8)7-10(3)12;2*1-7-5-4-6-8(2)10(7)12-9(3)11;1-6(8)7-4-2-3-5-7;1-4-7(5-2)6(3)8;1-3-5-4(2)6;2*1-3-6-4(2)5;1-3(4)5-2;1-2(3)4;1-5(2,3)4;1-2(3)4/h13-14,16-17H,5-12H2,1-4H3;9-12H,3-7H2,1-2H3;7-9,11H,5-6H2,1-4H3;5-6H,1-4H3;4-6H,7H2,1-3H3;2*7-8,10H,4-6H2,1-3H3;2-5H2,1H3;4-5H2,1-3H3;3H2,1-2H3,(H,5,6);2*3H2,1-2H3;1-2H3;1H3,(H2,3,4);1-2H3;1H3,(H,3,4). The Morgan fingerprint density at radius 2 is 0.807 bits per heavy atom. The lowest BCUT2D eigenvalue weighted by Crippen LogP contribution is -2.57. The second-order valence-electron chi connectivity index (χ2n) is 41.5. The summed E-state index contributed by atoms with van der Waals surface area (Å²) in [7, 11) is 0.400. The van der Waals surface area contributed by atoms with Crippen LogP contribution in [0.2, 0.25) is 0 Å². The van der Waals surface area contributed by atoms with Gasteiger partial charge in [0.25, 0.3) is 5.97 Å². The molecule has 33 nitrogen and oxygen atoms in total. The van der Waals surface area contributed by atoms with Crippen LogP contribution in [0.4, 0.5) is 0 Å². The third-order valence-electron chi connectivity index (χ3n) is 26.0. The number of hydrogen-bond acceptors (Lipinski definition) is 28. The number of esters is 9. The van der Waals surface area contributed by atoms with Crippen LogP contribution in [-0.4, -0.2) is 235 Å². The summed E-state index contributed by atoms with van der Waals surface area (Å²) in [6.45, 7) is 70.9. The Morgan fingerprint density at radius 3 is 1.05 bits per heavy atom. The number of likely N-dealkylation sites (tertiary alicyclic amines) is 1. The summed E-state index contributed by atoms with van der Waals surface area (Å²) < 4.78 is 74.9. The van der Waals surface area contributed by atoms with Crippen LogP contribution in [0.15, 0.2) is 30.3 Å². The molecular formula is C116H206N4O29S. The number of aryl methyl sites for hydroxylation is 5. The van der Waals surface area contributed by atoms with Crippen LogP contribution in [0.25, 0.3) is 0 Å². The third-order valence-corrected chi connectivity index (χ3v) is 26.0. The number of nitrogens with one attached hydrogen (secondary N) is 1. The van der Waals surface area contributed by atoms with E-state index in [2.05, 4.69) is 94.5 Å². The van der Waals surface area contributed by atoms with Crippen LogP contribution in [0, 0.1) is 117 Å². The monoisotopic (exact) mass is 2150 g/mol. The number of Topliss-reactive ketones (excluding diaryl/α,β-unsaturated/α-hetero) is 1. The van der Waals surface area contributed by atoms with Crippen molar-refractivity contribution in [3.05, 3.63) is 63.7 Å². The smallest absolute Gasteiger partial charge is 0.308 e. The van der Waals surface area contributed by atoms with E-state index < -0.39 is 15.8 Å². The van der Waals surface area contributed by atoms with Gasteiger partial charge in [0.2, 0.25) is 23.6 Å². The third kappa shape index (κ3) is 80.4. The van der Waals surface area contributed by atoms with Crippen LogP contribution in [-0.2, 0) is 136 Å². The molecule has 8 aliphatic carbocycles. The summed E-state index contributed by atoms with van der Waals surface area (Å²) in [5.74, 6) is 7.40. The molecule has 1 heterocycles. The minimum Gasteiger partial charge on any atom is -0.481 e. The number of carboxylic acids is 1. The molecule has 4 bridgehead atoms. The SMILES string of the molecule is CC(=O)Cc1c(C)cccc1C.CC(=O)N1CCCC1.CC(=O)O.CC(=O)OC1(C)C2CC3CC(C2)CC1C3.CC(=O)OC1C(C)CC(C)CC1C.CC(=O)OC1C(C)CCCC1C.CC(=O)OC1C(C)CCCC1C.CC(=O)Oc1c(C)cc(C)cc1C.CC(N)=O.CCN(CC)C(C)=O.CCNC(C)=O.CCOC(C)=O.CCOC(C)=O.COC(C)=O.COCCCOCCCC1CC(C)C(OC(C)=O)C(C)C1.CS(C)(=O)=O. The number of carbonyl (C=O) groups excluding carboxylic acids is 14. The van der Waals surface area contributed by atoms with Crippen molar-refractivity contribution in [3.63, 3.8) is 0 Å². The zero-order chi connectivity index (χ0) is 117. The predicted molar refractivity (Wildman–Crippen MR) is 591 cm³/mol. The highest BCUT2D eigenvalue weighted by Crippen LogP contribution is 2.59. The molecule has 2 aromatic rings. The number of carbonyl (C=O) groups is 15. The van der Waals surface area contributed by atoms with Crippen molar-refractivity contribution in [3.8, 4) is 5.75 Å². The number of nitrogens with two attached hydrogens (primary N) is 1.